The molecule has 4 heteroatoms. The molecule has 4 rings (SSSR count). The van der Waals surface area contributed by atoms with Crippen molar-refractivity contribution in [3.63, 3.8) is 0 Å². The minimum atomic E-state index is -0.529. The van der Waals surface area contributed by atoms with E-state index in [4.69, 9.17) is 0 Å². The normalized spacial score (nSPS) is 20.2. The van der Waals surface area contributed by atoms with Gasteiger partial charge >= 0.3 is 0 Å². The summed E-state index contributed by atoms with van der Waals surface area (Å²) in [4.78, 5) is 27.8. The van der Waals surface area contributed by atoms with Gasteiger partial charge in [0.1, 0.15) is 6.04 Å². The summed E-state index contributed by atoms with van der Waals surface area (Å²) in [7, 11) is 0. The first kappa shape index (κ1) is 16.8. The predicted octanol–water partition coefficient (Wildman–Crippen LogP) is 3.40. The van der Waals surface area contributed by atoms with E-state index < -0.39 is 6.04 Å². The van der Waals surface area contributed by atoms with Crippen LogP contribution < -0.4 is 5.32 Å². The summed E-state index contributed by atoms with van der Waals surface area (Å²) in [6, 6.07) is 17.3. The van der Waals surface area contributed by atoms with Crippen LogP contribution >= 0.6 is 0 Å². The number of rotatable bonds is 4. The first-order chi connectivity index (χ1) is 12.6. The second-order valence-corrected chi connectivity index (χ2v) is 7.30. The molecule has 134 valence electrons. The van der Waals surface area contributed by atoms with Crippen molar-refractivity contribution in [2.45, 2.75) is 38.3 Å². The van der Waals surface area contributed by atoms with Gasteiger partial charge in [0.2, 0.25) is 11.8 Å². The Kier molecular flexibility index (Phi) is 4.49. The van der Waals surface area contributed by atoms with E-state index in [2.05, 4.69) is 11.4 Å². The Labute approximate surface area is 154 Å². The number of amides is 2. The summed E-state index contributed by atoms with van der Waals surface area (Å²) >= 11 is 0. The first-order valence-electron chi connectivity index (χ1n) is 9.39. The zero-order valence-corrected chi connectivity index (χ0v) is 15.0. The third-order valence-corrected chi connectivity index (χ3v) is 5.40. The van der Waals surface area contributed by atoms with E-state index in [1.807, 2.05) is 55.5 Å². The number of carbonyl (C=O) groups is 2. The van der Waals surface area contributed by atoms with Crippen molar-refractivity contribution in [2.75, 3.05) is 6.54 Å². The van der Waals surface area contributed by atoms with Crippen molar-refractivity contribution < 1.29 is 9.59 Å². The van der Waals surface area contributed by atoms with Gasteiger partial charge in [-0.3, -0.25) is 9.59 Å². The van der Waals surface area contributed by atoms with Gasteiger partial charge in [-0.2, -0.15) is 0 Å². The molecule has 2 aromatic rings. The number of carbonyl (C=O) groups excluding carboxylic acids is 2. The van der Waals surface area contributed by atoms with Crippen LogP contribution in [-0.4, -0.2) is 23.3 Å². The maximum absolute atomic E-state index is 13.2. The van der Waals surface area contributed by atoms with Crippen LogP contribution in [0.5, 0.6) is 0 Å². The van der Waals surface area contributed by atoms with Crippen molar-refractivity contribution in [1.82, 2.24) is 10.2 Å². The molecule has 0 spiro atoms. The Morgan fingerprint density at radius 1 is 1.04 bits per heavy atom. The van der Waals surface area contributed by atoms with Crippen LogP contribution in [-0.2, 0) is 16.0 Å². The number of hydrogen-bond acceptors (Lipinski definition) is 2. The molecule has 4 nitrogen and oxygen atoms in total. The van der Waals surface area contributed by atoms with Crippen LogP contribution in [0, 0.1) is 5.92 Å². The highest BCUT2D eigenvalue weighted by molar-refractivity contribution is 5.91. The van der Waals surface area contributed by atoms with Gasteiger partial charge in [-0.1, -0.05) is 54.6 Å². The zero-order chi connectivity index (χ0) is 18.1. The van der Waals surface area contributed by atoms with Crippen molar-refractivity contribution in [3.8, 4) is 0 Å². The summed E-state index contributed by atoms with van der Waals surface area (Å²) in [5, 5.41) is 3.12. The molecule has 0 radical (unpaired) electrons. The molecule has 2 atom stereocenters. The standard InChI is InChI=1S/C22H24N2O2/c1-15(16-7-3-2-4-8-16)23-21(25)20-19-10-6-5-9-17(19)13-14-24(20)22(26)18-11-12-18/h2-10,15,18,20H,11-14H2,1H3,(H,23,25). The molecule has 1 heterocycles. The summed E-state index contributed by atoms with van der Waals surface area (Å²) in [5.74, 6) is 0.150. The van der Waals surface area contributed by atoms with Crippen LogP contribution in [0.2, 0.25) is 0 Å². The van der Waals surface area contributed by atoms with Crippen LogP contribution in [0.15, 0.2) is 54.6 Å². The monoisotopic (exact) mass is 348 g/mol. The molecule has 0 bridgehead atoms. The molecule has 1 fully saturated rings. The van der Waals surface area contributed by atoms with Crippen molar-refractivity contribution in [1.29, 1.82) is 0 Å². The molecule has 26 heavy (non-hydrogen) atoms. The van der Waals surface area contributed by atoms with Crippen LogP contribution in [0.25, 0.3) is 0 Å². The van der Waals surface area contributed by atoms with Gasteiger partial charge in [0, 0.05) is 12.5 Å². The number of benzene rings is 2. The van der Waals surface area contributed by atoms with Crippen LogP contribution in [0.1, 0.15) is 48.5 Å². The second kappa shape index (κ2) is 6.94. The van der Waals surface area contributed by atoms with E-state index >= 15 is 0 Å². The Hall–Kier alpha value is -2.62. The van der Waals surface area contributed by atoms with Gasteiger partial charge in [0.05, 0.1) is 6.04 Å². The topological polar surface area (TPSA) is 49.4 Å². The van der Waals surface area contributed by atoms with Gasteiger partial charge in [-0.05, 0) is 42.9 Å². The molecule has 2 amide bonds. The fraction of sp³-hybridized carbons (Fsp3) is 0.364. The SMILES string of the molecule is CC(NC(=O)C1c2ccccc2CCN1C(=O)C1CC1)c1ccccc1. The third-order valence-electron chi connectivity index (χ3n) is 5.40. The first-order valence-corrected chi connectivity index (χ1v) is 9.39. The number of hydrogen-bond donors (Lipinski definition) is 1. The number of nitrogens with one attached hydrogen (secondary N) is 1. The van der Waals surface area contributed by atoms with Crippen LogP contribution in [0.4, 0.5) is 0 Å². The fourth-order valence-electron chi connectivity index (χ4n) is 3.77. The number of nitrogens with zero attached hydrogens (tertiary/aromatic N) is 1. The Morgan fingerprint density at radius 2 is 1.73 bits per heavy atom. The van der Waals surface area contributed by atoms with Gasteiger partial charge in [-0.15, -0.1) is 0 Å². The Morgan fingerprint density at radius 3 is 2.46 bits per heavy atom. The lowest BCUT2D eigenvalue weighted by Crippen LogP contribution is -2.48. The maximum atomic E-state index is 13.2. The predicted molar refractivity (Wildman–Crippen MR) is 100 cm³/mol. The average molecular weight is 348 g/mol. The molecule has 2 unspecified atom stereocenters. The number of fused-ring (bicyclic) bond motifs is 1. The molecular weight excluding hydrogens is 324 g/mol. The highest BCUT2D eigenvalue weighted by Crippen LogP contribution is 2.37. The summed E-state index contributed by atoms with van der Waals surface area (Å²) in [6.07, 6.45) is 2.71. The molecule has 2 aromatic carbocycles. The molecular formula is C22H24N2O2. The largest absolute Gasteiger partial charge is 0.347 e. The van der Waals surface area contributed by atoms with Crippen molar-refractivity contribution >= 4 is 11.8 Å². The zero-order valence-electron chi connectivity index (χ0n) is 15.0. The van der Waals surface area contributed by atoms with Crippen LogP contribution in [0.3, 0.4) is 0 Å². The molecule has 1 aliphatic carbocycles. The van der Waals surface area contributed by atoms with Gasteiger partial charge < -0.3 is 10.2 Å². The minimum Gasteiger partial charge on any atom is -0.347 e. The smallest absolute Gasteiger partial charge is 0.247 e. The minimum absolute atomic E-state index is 0.0949. The van der Waals surface area contributed by atoms with E-state index in [0.29, 0.717) is 6.54 Å². The van der Waals surface area contributed by atoms with E-state index in [-0.39, 0.29) is 23.8 Å². The molecule has 1 aliphatic heterocycles. The lowest BCUT2D eigenvalue weighted by atomic mass is 9.91. The quantitative estimate of drug-likeness (QED) is 0.921. The summed E-state index contributed by atoms with van der Waals surface area (Å²) in [6.45, 7) is 2.60. The van der Waals surface area contributed by atoms with E-state index in [1.165, 1.54) is 5.56 Å². The highest BCUT2D eigenvalue weighted by atomic mass is 16.2. The maximum Gasteiger partial charge on any atom is 0.247 e. The third kappa shape index (κ3) is 3.24. The fourth-order valence-corrected chi connectivity index (χ4v) is 3.77. The Balaban J connectivity index is 1.61. The van der Waals surface area contributed by atoms with E-state index in [9.17, 15) is 9.59 Å². The molecule has 1 N–H and O–H groups in total. The lowest BCUT2D eigenvalue weighted by molar-refractivity contribution is -0.142. The van der Waals surface area contributed by atoms with E-state index in [0.717, 1.165) is 30.4 Å². The molecule has 2 aliphatic rings. The summed E-state index contributed by atoms with van der Waals surface area (Å²) in [5.41, 5.74) is 3.19. The molecule has 1 saturated carbocycles. The lowest BCUT2D eigenvalue weighted by Gasteiger charge is -2.37. The second-order valence-electron chi connectivity index (χ2n) is 7.30. The highest BCUT2D eigenvalue weighted by Gasteiger charge is 2.41. The van der Waals surface area contributed by atoms with E-state index in [1.54, 1.807) is 4.90 Å². The Bertz CT molecular complexity index is 814. The summed E-state index contributed by atoms with van der Waals surface area (Å²) < 4.78 is 0. The van der Waals surface area contributed by atoms with Gasteiger partial charge in [0.15, 0.2) is 0 Å². The van der Waals surface area contributed by atoms with Crippen molar-refractivity contribution in [2.24, 2.45) is 5.92 Å². The molecule has 0 aromatic heterocycles. The average Bonchev–Trinajstić information content (AvgIpc) is 3.52. The van der Waals surface area contributed by atoms with Gasteiger partial charge in [0.25, 0.3) is 0 Å². The molecule has 0 saturated heterocycles. The van der Waals surface area contributed by atoms with Gasteiger partial charge in [-0.25, -0.2) is 0 Å². The van der Waals surface area contributed by atoms with Crippen molar-refractivity contribution in [3.05, 3.63) is 71.3 Å².